The second-order valence-corrected chi connectivity index (χ2v) is 7.72. The summed E-state index contributed by atoms with van der Waals surface area (Å²) in [6, 6.07) is 3.59. The Labute approximate surface area is 115 Å². The zero-order valence-electron chi connectivity index (χ0n) is 11.8. The van der Waals surface area contributed by atoms with Gasteiger partial charge in [0.1, 0.15) is 10.7 Å². The molecule has 1 aliphatic carbocycles. The number of nitrogens with one attached hydrogen (secondary N) is 1. The minimum absolute atomic E-state index is 0.293. The summed E-state index contributed by atoms with van der Waals surface area (Å²) in [7, 11) is -3.23. The fourth-order valence-corrected chi connectivity index (χ4v) is 3.46. The Balaban J connectivity index is 2.16. The number of pyridine rings is 1. The van der Waals surface area contributed by atoms with Crippen molar-refractivity contribution in [1.82, 2.24) is 4.98 Å². The largest absolute Gasteiger partial charge is 0.366 e. The van der Waals surface area contributed by atoms with E-state index in [0.717, 1.165) is 18.8 Å². The maximum Gasteiger partial charge on any atom is 0.179 e. The van der Waals surface area contributed by atoms with Crippen molar-refractivity contribution in [3.63, 3.8) is 0 Å². The van der Waals surface area contributed by atoms with Gasteiger partial charge in [-0.25, -0.2) is 13.4 Å². The first-order valence-corrected chi connectivity index (χ1v) is 8.68. The molecule has 1 saturated carbocycles. The van der Waals surface area contributed by atoms with Crippen LogP contribution in [-0.2, 0) is 9.84 Å². The van der Waals surface area contributed by atoms with Crippen molar-refractivity contribution in [2.24, 2.45) is 11.8 Å². The molecule has 1 aromatic heterocycles. The average Bonchev–Trinajstić information content (AvgIpc) is 2.33. The number of hydrogen-bond donors (Lipinski definition) is 1. The van der Waals surface area contributed by atoms with Crippen LogP contribution in [0.2, 0.25) is 0 Å². The fourth-order valence-electron chi connectivity index (χ4n) is 2.67. The second-order valence-electron chi connectivity index (χ2n) is 5.73. The first kappa shape index (κ1) is 14.3. The van der Waals surface area contributed by atoms with Crippen LogP contribution in [-0.4, -0.2) is 25.7 Å². The molecule has 4 nitrogen and oxygen atoms in total. The van der Waals surface area contributed by atoms with Gasteiger partial charge < -0.3 is 5.32 Å². The van der Waals surface area contributed by atoms with Gasteiger partial charge in [-0.1, -0.05) is 13.8 Å². The van der Waals surface area contributed by atoms with Gasteiger partial charge in [-0.15, -0.1) is 0 Å². The van der Waals surface area contributed by atoms with E-state index in [-0.39, 0.29) is 0 Å². The Bertz CT molecular complexity index is 542. The summed E-state index contributed by atoms with van der Waals surface area (Å²) in [6.07, 6.45) is 6.18. The van der Waals surface area contributed by atoms with Crippen LogP contribution >= 0.6 is 0 Å². The Kier molecular flexibility index (Phi) is 4.13. The van der Waals surface area contributed by atoms with Gasteiger partial charge in [0.25, 0.3) is 0 Å². The molecule has 0 saturated heterocycles. The van der Waals surface area contributed by atoms with E-state index >= 15 is 0 Å². The highest BCUT2D eigenvalue weighted by molar-refractivity contribution is 7.90. The topological polar surface area (TPSA) is 59.1 Å². The number of nitrogens with zero attached hydrogens (tertiary/aromatic N) is 1. The van der Waals surface area contributed by atoms with Gasteiger partial charge in [0.05, 0.1) is 0 Å². The van der Waals surface area contributed by atoms with E-state index in [2.05, 4.69) is 24.1 Å². The molecular formula is C14H22N2O2S. The van der Waals surface area contributed by atoms with Gasteiger partial charge in [0, 0.05) is 18.5 Å². The SMILES string of the molecule is CC1CCC(Nc2ncccc2S(C)(=O)=O)CC1C. The van der Waals surface area contributed by atoms with Crippen LogP contribution in [0, 0.1) is 11.8 Å². The standard InChI is InChI=1S/C14H22N2O2S/c1-10-6-7-12(9-11(10)2)16-14-13(19(3,17)18)5-4-8-15-14/h4-5,8,10-12H,6-7,9H2,1-3H3,(H,15,16). The van der Waals surface area contributed by atoms with Crippen LogP contribution < -0.4 is 5.32 Å². The predicted octanol–water partition coefficient (Wildman–Crippen LogP) is 2.72. The average molecular weight is 282 g/mol. The van der Waals surface area contributed by atoms with E-state index < -0.39 is 9.84 Å². The van der Waals surface area contributed by atoms with Crippen molar-refractivity contribution in [2.45, 2.75) is 44.0 Å². The molecule has 3 unspecified atom stereocenters. The highest BCUT2D eigenvalue weighted by atomic mass is 32.2. The molecule has 106 valence electrons. The van der Waals surface area contributed by atoms with Crippen molar-refractivity contribution >= 4 is 15.7 Å². The molecule has 2 rings (SSSR count). The second kappa shape index (κ2) is 5.49. The van der Waals surface area contributed by atoms with Gasteiger partial charge in [-0.2, -0.15) is 0 Å². The molecule has 1 aliphatic rings. The molecule has 3 atom stereocenters. The number of sulfone groups is 1. The third-order valence-electron chi connectivity index (χ3n) is 4.11. The summed E-state index contributed by atoms with van der Waals surface area (Å²) < 4.78 is 23.5. The Morgan fingerprint density at radius 2 is 2.00 bits per heavy atom. The molecular weight excluding hydrogens is 260 g/mol. The first-order chi connectivity index (χ1) is 8.88. The monoisotopic (exact) mass is 282 g/mol. The van der Waals surface area contributed by atoms with Gasteiger partial charge in [0.15, 0.2) is 9.84 Å². The number of rotatable bonds is 3. The molecule has 1 N–H and O–H groups in total. The Morgan fingerprint density at radius 3 is 2.63 bits per heavy atom. The summed E-state index contributed by atoms with van der Waals surface area (Å²) in [5.41, 5.74) is 0. The predicted molar refractivity (Wildman–Crippen MR) is 76.9 cm³/mol. The lowest BCUT2D eigenvalue weighted by Crippen LogP contribution is -2.31. The third kappa shape index (κ3) is 3.47. The summed E-state index contributed by atoms with van der Waals surface area (Å²) in [5, 5.41) is 3.32. The lowest BCUT2D eigenvalue weighted by molar-refractivity contribution is 0.260. The van der Waals surface area contributed by atoms with Gasteiger partial charge in [-0.05, 0) is 43.2 Å². The molecule has 0 spiro atoms. The molecule has 0 radical (unpaired) electrons. The molecule has 5 heteroatoms. The molecule has 1 heterocycles. The van der Waals surface area contributed by atoms with Gasteiger partial charge >= 0.3 is 0 Å². The van der Waals surface area contributed by atoms with Gasteiger partial charge in [-0.3, -0.25) is 0 Å². The summed E-state index contributed by atoms with van der Waals surface area (Å²) in [6.45, 7) is 4.54. The third-order valence-corrected chi connectivity index (χ3v) is 5.24. The van der Waals surface area contributed by atoms with Crippen molar-refractivity contribution in [3.05, 3.63) is 18.3 Å². The van der Waals surface area contributed by atoms with Crippen LogP contribution in [0.25, 0.3) is 0 Å². The van der Waals surface area contributed by atoms with Crippen molar-refractivity contribution in [2.75, 3.05) is 11.6 Å². The molecule has 0 amide bonds. The number of anilines is 1. The molecule has 1 aromatic rings. The summed E-state index contributed by atoms with van der Waals surface area (Å²) >= 11 is 0. The van der Waals surface area contributed by atoms with E-state index in [4.69, 9.17) is 0 Å². The highest BCUT2D eigenvalue weighted by Gasteiger charge is 2.26. The Hall–Kier alpha value is -1.10. The van der Waals surface area contributed by atoms with E-state index in [9.17, 15) is 8.42 Å². The zero-order valence-corrected chi connectivity index (χ0v) is 12.6. The van der Waals surface area contributed by atoms with Crippen molar-refractivity contribution in [1.29, 1.82) is 0 Å². The first-order valence-electron chi connectivity index (χ1n) is 6.79. The molecule has 0 aromatic carbocycles. The zero-order chi connectivity index (χ0) is 14.0. The molecule has 0 bridgehead atoms. The summed E-state index contributed by atoms with van der Waals surface area (Å²) in [5.74, 6) is 1.91. The van der Waals surface area contributed by atoms with E-state index in [1.807, 2.05) is 0 Å². The minimum Gasteiger partial charge on any atom is -0.366 e. The van der Waals surface area contributed by atoms with Crippen molar-refractivity contribution < 1.29 is 8.42 Å². The van der Waals surface area contributed by atoms with Gasteiger partial charge in [0.2, 0.25) is 0 Å². The maximum atomic E-state index is 11.7. The van der Waals surface area contributed by atoms with Crippen molar-refractivity contribution in [3.8, 4) is 0 Å². The van der Waals surface area contributed by atoms with E-state index in [1.54, 1.807) is 18.3 Å². The molecule has 19 heavy (non-hydrogen) atoms. The van der Waals surface area contributed by atoms with Crippen LogP contribution in [0.1, 0.15) is 33.1 Å². The quantitative estimate of drug-likeness (QED) is 0.926. The maximum absolute atomic E-state index is 11.7. The fraction of sp³-hybridized carbons (Fsp3) is 0.643. The van der Waals surface area contributed by atoms with E-state index in [1.165, 1.54) is 12.7 Å². The minimum atomic E-state index is -3.23. The van der Waals surface area contributed by atoms with E-state index in [0.29, 0.717) is 22.7 Å². The smallest absolute Gasteiger partial charge is 0.179 e. The Morgan fingerprint density at radius 1 is 1.26 bits per heavy atom. The molecule has 1 fully saturated rings. The lowest BCUT2D eigenvalue weighted by Gasteiger charge is -2.33. The summed E-state index contributed by atoms with van der Waals surface area (Å²) in [4.78, 5) is 4.49. The van der Waals surface area contributed by atoms with Crippen LogP contribution in [0.4, 0.5) is 5.82 Å². The normalized spacial score (nSPS) is 28.1. The lowest BCUT2D eigenvalue weighted by atomic mass is 9.79. The molecule has 0 aliphatic heterocycles. The van der Waals surface area contributed by atoms with Crippen LogP contribution in [0.3, 0.4) is 0 Å². The number of hydrogen-bond acceptors (Lipinski definition) is 4. The number of aromatic nitrogens is 1. The van der Waals surface area contributed by atoms with Crippen LogP contribution in [0.15, 0.2) is 23.2 Å². The highest BCUT2D eigenvalue weighted by Crippen LogP contribution is 2.31. The van der Waals surface area contributed by atoms with Crippen LogP contribution in [0.5, 0.6) is 0 Å².